The molecule has 2 aliphatic heterocycles. The van der Waals surface area contributed by atoms with Crippen LogP contribution in [-0.2, 0) is 15.9 Å². The average molecular weight is 400 g/mol. The van der Waals surface area contributed by atoms with Crippen LogP contribution in [0.3, 0.4) is 0 Å². The summed E-state index contributed by atoms with van der Waals surface area (Å²) in [5, 5.41) is 7.43. The number of nitrogens with one attached hydrogen (secondary N) is 1. The van der Waals surface area contributed by atoms with Gasteiger partial charge in [-0.25, -0.2) is 0 Å². The highest BCUT2D eigenvalue weighted by Crippen LogP contribution is 2.21. The summed E-state index contributed by atoms with van der Waals surface area (Å²) in [6, 6.07) is 5.60. The molecule has 0 saturated carbocycles. The highest BCUT2D eigenvalue weighted by atomic mass is 16.5. The average Bonchev–Trinajstić information content (AvgIpc) is 3.46. The van der Waals surface area contributed by atoms with Crippen LogP contribution in [0.15, 0.2) is 33.9 Å². The Morgan fingerprint density at radius 3 is 3.00 bits per heavy atom. The van der Waals surface area contributed by atoms with Gasteiger partial charge in [-0.3, -0.25) is 9.98 Å². The largest absolute Gasteiger partial charge is 0.375 e. The van der Waals surface area contributed by atoms with Crippen LogP contribution in [0.4, 0.5) is 0 Å². The lowest BCUT2D eigenvalue weighted by Crippen LogP contribution is -2.53. The summed E-state index contributed by atoms with van der Waals surface area (Å²) in [5.41, 5.74) is 0.677. The minimum atomic E-state index is 0.105. The maximum Gasteiger partial charge on any atom is 0.276 e. The molecule has 0 bridgehead atoms. The first kappa shape index (κ1) is 19.8. The highest BCUT2D eigenvalue weighted by Gasteiger charge is 2.32. The molecule has 29 heavy (non-hydrogen) atoms. The van der Waals surface area contributed by atoms with E-state index >= 15 is 0 Å². The predicted molar refractivity (Wildman–Crippen MR) is 107 cm³/mol. The summed E-state index contributed by atoms with van der Waals surface area (Å²) >= 11 is 0. The Hall–Kier alpha value is -2.52. The molecular weight excluding hydrogens is 372 g/mol. The Morgan fingerprint density at radius 1 is 1.28 bits per heavy atom. The molecule has 0 radical (unpaired) electrons. The van der Waals surface area contributed by atoms with Crippen molar-refractivity contribution >= 4 is 5.96 Å². The van der Waals surface area contributed by atoms with Crippen LogP contribution in [0.2, 0.25) is 0 Å². The molecular formula is C20H28N6O3. The number of morpholine rings is 1. The zero-order chi connectivity index (χ0) is 19.9. The topological polar surface area (TPSA) is 97.9 Å². The molecule has 2 atom stereocenters. The van der Waals surface area contributed by atoms with Crippen molar-refractivity contribution in [3.63, 3.8) is 0 Å². The van der Waals surface area contributed by atoms with Gasteiger partial charge in [0, 0.05) is 45.4 Å². The number of aliphatic imine (C=N–C) groups is 1. The molecule has 156 valence electrons. The lowest BCUT2D eigenvalue weighted by molar-refractivity contribution is -0.0817. The minimum Gasteiger partial charge on any atom is -0.375 e. The molecule has 0 amide bonds. The zero-order valence-corrected chi connectivity index (χ0v) is 16.8. The number of aromatic nitrogens is 3. The number of guanidine groups is 1. The van der Waals surface area contributed by atoms with E-state index in [2.05, 4.69) is 32.3 Å². The van der Waals surface area contributed by atoms with Crippen LogP contribution in [-0.4, -0.2) is 77.6 Å². The Morgan fingerprint density at radius 2 is 2.21 bits per heavy atom. The van der Waals surface area contributed by atoms with Crippen LogP contribution in [0, 0.1) is 0 Å². The number of nitrogens with zero attached hydrogens (tertiary/aromatic N) is 5. The van der Waals surface area contributed by atoms with Crippen molar-refractivity contribution in [2.24, 2.45) is 4.99 Å². The Bertz CT molecular complexity index is 791. The van der Waals surface area contributed by atoms with Crippen LogP contribution in [0.5, 0.6) is 0 Å². The van der Waals surface area contributed by atoms with Gasteiger partial charge in [-0.1, -0.05) is 11.2 Å². The number of hydrogen-bond donors (Lipinski definition) is 1. The number of hydrogen-bond acceptors (Lipinski definition) is 7. The van der Waals surface area contributed by atoms with Crippen molar-refractivity contribution in [2.45, 2.75) is 38.4 Å². The highest BCUT2D eigenvalue weighted by molar-refractivity contribution is 5.80. The van der Waals surface area contributed by atoms with Gasteiger partial charge in [-0.05, 0) is 31.9 Å². The van der Waals surface area contributed by atoms with Crippen molar-refractivity contribution in [2.75, 3.05) is 39.4 Å². The maximum absolute atomic E-state index is 5.95. The molecule has 4 heterocycles. The minimum absolute atomic E-state index is 0.105. The molecule has 1 N–H and O–H groups in total. The molecule has 0 aromatic carbocycles. The molecule has 4 rings (SSSR count). The van der Waals surface area contributed by atoms with Crippen LogP contribution < -0.4 is 5.32 Å². The van der Waals surface area contributed by atoms with E-state index in [0.29, 0.717) is 37.0 Å². The standard InChI is InChI=1S/C20H28N6O3/c1-2-21-20(26-11-13-28-17(14-26)16-7-5-12-27-16)23-10-8-18-24-19(29-25-18)15-6-3-4-9-22-15/h3-4,6,9,16-17H,2,5,7-8,10-14H2,1H3,(H,21,23). The summed E-state index contributed by atoms with van der Waals surface area (Å²) in [4.78, 5) is 15.7. The fraction of sp³-hybridized carbons (Fsp3) is 0.600. The van der Waals surface area contributed by atoms with E-state index in [-0.39, 0.29) is 12.2 Å². The second kappa shape index (κ2) is 9.80. The molecule has 2 fully saturated rings. The molecule has 2 saturated heterocycles. The van der Waals surface area contributed by atoms with Crippen molar-refractivity contribution in [3.05, 3.63) is 30.2 Å². The van der Waals surface area contributed by atoms with Gasteiger partial charge < -0.3 is 24.2 Å². The summed E-state index contributed by atoms with van der Waals surface area (Å²) in [6.45, 7) is 6.60. The van der Waals surface area contributed by atoms with Gasteiger partial charge in [0.2, 0.25) is 0 Å². The Balaban J connectivity index is 1.35. The van der Waals surface area contributed by atoms with Gasteiger partial charge in [0.25, 0.3) is 5.89 Å². The molecule has 2 aromatic rings. The number of rotatable bonds is 6. The van der Waals surface area contributed by atoms with Crippen molar-refractivity contribution in [3.8, 4) is 11.6 Å². The van der Waals surface area contributed by atoms with E-state index in [9.17, 15) is 0 Å². The van der Waals surface area contributed by atoms with Gasteiger partial charge in [0.1, 0.15) is 11.8 Å². The molecule has 2 unspecified atom stereocenters. The SMILES string of the molecule is CCNC(=NCCc1noc(-c2ccccn2)n1)N1CCOC(C2CCCO2)C1. The fourth-order valence-electron chi connectivity index (χ4n) is 3.62. The summed E-state index contributed by atoms with van der Waals surface area (Å²) < 4.78 is 17.1. The van der Waals surface area contributed by atoms with Gasteiger partial charge >= 0.3 is 0 Å². The van der Waals surface area contributed by atoms with Gasteiger partial charge in [-0.2, -0.15) is 4.98 Å². The Labute approximate surface area is 170 Å². The van der Waals surface area contributed by atoms with Gasteiger partial charge in [0.15, 0.2) is 11.8 Å². The first-order chi connectivity index (χ1) is 14.3. The third-order valence-electron chi connectivity index (χ3n) is 5.06. The lowest BCUT2D eigenvalue weighted by atomic mass is 10.1. The molecule has 0 aliphatic carbocycles. The third-order valence-corrected chi connectivity index (χ3v) is 5.06. The van der Waals surface area contributed by atoms with E-state index in [1.54, 1.807) is 6.20 Å². The van der Waals surface area contributed by atoms with Crippen LogP contribution >= 0.6 is 0 Å². The summed E-state index contributed by atoms with van der Waals surface area (Å²) in [5.74, 6) is 1.96. The van der Waals surface area contributed by atoms with Crippen molar-refractivity contribution < 1.29 is 14.0 Å². The quantitative estimate of drug-likeness (QED) is 0.576. The monoisotopic (exact) mass is 400 g/mol. The molecule has 0 spiro atoms. The number of pyridine rings is 1. The van der Waals surface area contributed by atoms with Gasteiger partial charge in [0.05, 0.1) is 12.7 Å². The van der Waals surface area contributed by atoms with Crippen molar-refractivity contribution in [1.82, 2.24) is 25.3 Å². The van der Waals surface area contributed by atoms with E-state index in [0.717, 1.165) is 45.0 Å². The second-order valence-electron chi connectivity index (χ2n) is 7.12. The third kappa shape index (κ3) is 5.10. The molecule has 2 aromatic heterocycles. The summed E-state index contributed by atoms with van der Waals surface area (Å²) in [7, 11) is 0. The Kier molecular flexibility index (Phi) is 6.68. The number of ether oxygens (including phenoxy) is 2. The first-order valence-corrected chi connectivity index (χ1v) is 10.3. The van der Waals surface area contributed by atoms with E-state index in [1.807, 2.05) is 18.2 Å². The molecule has 9 nitrogen and oxygen atoms in total. The first-order valence-electron chi connectivity index (χ1n) is 10.3. The maximum atomic E-state index is 5.95. The van der Waals surface area contributed by atoms with E-state index in [4.69, 9.17) is 19.0 Å². The van der Waals surface area contributed by atoms with E-state index < -0.39 is 0 Å². The fourth-order valence-corrected chi connectivity index (χ4v) is 3.62. The predicted octanol–water partition coefficient (Wildman–Crippen LogP) is 1.52. The second-order valence-corrected chi connectivity index (χ2v) is 7.12. The van der Waals surface area contributed by atoms with Crippen LogP contribution in [0.25, 0.3) is 11.6 Å². The normalized spacial score (nSPS) is 22.8. The smallest absolute Gasteiger partial charge is 0.276 e. The zero-order valence-electron chi connectivity index (χ0n) is 16.8. The van der Waals surface area contributed by atoms with Crippen LogP contribution in [0.1, 0.15) is 25.6 Å². The lowest BCUT2D eigenvalue weighted by Gasteiger charge is -2.37. The molecule has 2 aliphatic rings. The van der Waals surface area contributed by atoms with Gasteiger partial charge in [-0.15, -0.1) is 0 Å². The summed E-state index contributed by atoms with van der Waals surface area (Å²) in [6.07, 6.45) is 4.80. The molecule has 9 heteroatoms. The van der Waals surface area contributed by atoms with E-state index in [1.165, 1.54) is 0 Å². The van der Waals surface area contributed by atoms with Crippen molar-refractivity contribution in [1.29, 1.82) is 0 Å².